The van der Waals surface area contributed by atoms with Gasteiger partial charge in [-0.05, 0) is 19.1 Å². The molecule has 0 N–H and O–H groups in total. The average molecular weight is 255 g/mol. The highest BCUT2D eigenvalue weighted by Gasteiger charge is 2.14. The number of halogens is 1. The van der Waals surface area contributed by atoms with E-state index in [1.807, 2.05) is 20.8 Å². The van der Waals surface area contributed by atoms with Gasteiger partial charge in [-0.15, -0.1) is 0 Å². The summed E-state index contributed by atoms with van der Waals surface area (Å²) in [6.45, 7) is 5.82. The van der Waals surface area contributed by atoms with Gasteiger partial charge in [-0.25, -0.2) is 9.78 Å². The average Bonchev–Trinajstić information content (AvgIpc) is 2.74. The second-order valence-electron chi connectivity index (χ2n) is 3.10. The van der Waals surface area contributed by atoms with E-state index in [0.29, 0.717) is 10.7 Å². The van der Waals surface area contributed by atoms with Crippen molar-refractivity contribution in [2.45, 2.75) is 20.8 Å². The van der Waals surface area contributed by atoms with Crippen LogP contribution in [0.2, 0.25) is 5.15 Å². The molecule has 0 spiro atoms. The lowest BCUT2D eigenvalue weighted by molar-refractivity contribution is 0.0600. The summed E-state index contributed by atoms with van der Waals surface area (Å²) in [5.41, 5.74) is 1.19. The maximum atomic E-state index is 11.4. The Kier molecular flexibility index (Phi) is 4.52. The van der Waals surface area contributed by atoms with Gasteiger partial charge in [-0.3, -0.25) is 4.40 Å². The van der Waals surface area contributed by atoms with Crippen LogP contribution in [0.3, 0.4) is 0 Å². The van der Waals surface area contributed by atoms with E-state index in [-0.39, 0.29) is 0 Å². The molecule has 17 heavy (non-hydrogen) atoms. The lowest BCUT2D eigenvalue weighted by atomic mass is 10.2. The Balaban J connectivity index is 0.000000686. The molecule has 92 valence electrons. The first-order valence-corrected chi connectivity index (χ1v) is 5.74. The van der Waals surface area contributed by atoms with E-state index < -0.39 is 5.97 Å². The molecule has 0 saturated heterocycles. The number of carbonyl (C=O) groups excluding carboxylic acids is 1. The number of imidazole rings is 1. The van der Waals surface area contributed by atoms with Gasteiger partial charge in [0.1, 0.15) is 11.0 Å². The van der Waals surface area contributed by atoms with Gasteiger partial charge in [-0.1, -0.05) is 25.4 Å². The predicted octanol–water partition coefficient (Wildman–Crippen LogP) is 3.11. The fraction of sp³-hybridized carbons (Fsp3) is 0.333. The molecule has 2 aromatic heterocycles. The Bertz CT molecular complexity index is 535. The van der Waals surface area contributed by atoms with Crippen molar-refractivity contribution in [3.63, 3.8) is 0 Å². The molecular weight excluding hydrogens is 240 g/mol. The van der Waals surface area contributed by atoms with Crippen molar-refractivity contribution < 1.29 is 9.53 Å². The second kappa shape index (κ2) is 5.68. The topological polar surface area (TPSA) is 43.6 Å². The first-order valence-electron chi connectivity index (χ1n) is 5.36. The zero-order valence-electron chi connectivity index (χ0n) is 10.3. The van der Waals surface area contributed by atoms with Gasteiger partial charge in [0.25, 0.3) is 0 Å². The van der Waals surface area contributed by atoms with Crippen molar-refractivity contribution in [1.29, 1.82) is 0 Å². The summed E-state index contributed by atoms with van der Waals surface area (Å²) in [5, 5.41) is 0.328. The smallest absolute Gasteiger partial charge is 0.340 e. The SMILES string of the molecule is CC.COC(=O)c1ccc2cnc(C)n2c1Cl. The summed E-state index contributed by atoms with van der Waals surface area (Å²) in [5.74, 6) is 0.288. The lowest BCUT2D eigenvalue weighted by Crippen LogP contribution is -2.05. The number of methoxy groups -OCH3 is 1. The zero-order valence-corrected chi connectivity index (χ0v) is 11.1. The van der Waals surface area contributed by atoms with Crippen LogP contribution in [0.4, 0.5) is 0 Å². The fourth-order valence-electron chi connectivity index (χ4n) is 1.45. The summed E-state index contributed by atoms with van der Waals surface area (Å²) in [4.78, 5) is 15.5. The van der Waals surface area contributed by atoms with E-state index in [0.717, 1.165) is 11.3 Å². The Morgan fingerprint density at radius 1 is 1.41 bits per heavy atom. The molecule has 0 unspecified atom stereocenters. The highest BCUT2D eigenvalue weighted by atomic mass is 35.5. The fourth-order valence-corrected chi connectivity index (χ4v) is 1.82. The van der Waals surface area contributed by atoms with E-state index in [4.69, 9.17) is 11.6 Å². The summed E-state index contributed by atoms with van der Waals surface area (Å²) in [6.07, 6.45) is 1.70. The predicted molar refractivity (Wildman–Crippen MR) is 67.6 cm³/mol. The third-order valence-electron chi connectivity index (χ3n) is 2.21. The zero-order chi connectivity index (χ0) is 13.0. The van der Waals surface area contributed by atoms with Gasteiger partial charge in [0.2, 0.25) is 0 Å². The monoisotopic (exact) mass is 254 g/mol. The van der Waals surface area contributed by atoms with Crippen molar-refractivity contribution in [3.8, 4) is 0 Å². The van der Waals surface area contributed by atoms with Crippen LogP contribution in [0.15, 0.2) is 18.3 Å². The van der Waals surface area contributed by atoms with Gasteiger partial charge >= 0.3 is 5.97 Å². The molecule has 0 amide bonds. The Labute approximate surface area is 105 Å². The number of ether oxygens (including phenoxy) is 1. The number of hydrogen-bond donors (Lipinski definition) is 0. The maximum Gasteiger partial charge on any atom is 0.340 e. The summed E-state index contributed by atoms with van der Waals surface area (Å²) < 4.78 is 6.33. The number of pyridine rings is 1. The lowest BCUT2D eigenvalue weighted by Gasteiger charge is -2.05. The minimum atomic E-state index is -0.449. The molecular formula is C12H15ClN2O2. The number of carbonyl (C=O) groups is 1. The Morgan fingerprint density at radius 2 is 2.06 bits per heavy atom. The van der Waals surface area contributed by atoms with Crippen molar-refractivity contribution in [1.82, 2.24) is 9.38 Å². The Morgan fingerprint density at radius 3 is 2.65 bits per heavy atom. The third kappa shape index (κ3) is 2.42. The molecule has 0 aliphatic rings. The summed E-state index contributed by atoms with van der Waals surface area (Å²) in [7, 11) is 1.32. The van der Waals surface area contributed by atoms with E-state index in [2.05, 4.69) is 9.72 Å². The molecule has 4 nitrogen and oxygen atoms in total. The number of hydrogen-bond acceptors (Lipinski definition) is 3. The van der Waals surface area contributed by atoms with Crippen LogP contribution in [0.1, 0.15) is 30.0 Å². The minimum absolute atomic E-state index is 0.328. The molecule has 0 saturated carbocycles. The van der Waals surface area contributed by atoms with Crippen LogP contribution in [-0.4, -0.2) is 22.5 Å². The molecule has 2 heterocycles. The van der Waals surface area contributed by atoms with Crippen LogP contribution < -0.4 is 0 Å². The minimum Gasteiger partial charge on any atom is -0.465 e. The first-order chi connectivity index (χ1) is 8.15. The van der Waals surface area contributed by atoms with Crippen LogP contribution >= 0.6 is 11.6 Å². The van der Waals surface area contributed by atoms with Crippen LogP contribution in [-0.2, 0) is 4.74 Å². The normalized spacial score (nSPS) is 9.71. The van der Waals surface area contributed by atoms with Gasteiger partial charge in [0.05, 0.1) is 24.4 Å². The molecule has 0 aromatic carbocycles. The van der Waals surface area contributed by atoms with Crippen molar-refractivity contribution in [2.75, 3.05) is 7.11 Å². The highest BCUT2D eigenvalue weighted by molar-refractivity contribution is 6.32. The number of nitrogens with zero attached hydrogens (tertiary/aromatic N) is 2. The first kappa shape index (κ1) is 13.5. The summed E-state index contributed by atoms with van der Waals surface area (Å²) >= 11 is 6.08. The maximum absolute atomic E-state index is 11.4. The number of rotatable bonds is 1. The van der Waals surface area contributed by atoms with E-state index in [1.54, 1.807) is 22.7 Å². The van der Waals surface area contributed by atoms with Gasteiger partial charge in [0, 0.05) is 0 Å². The molecule has 0 bridgehead atoms. The second-order valence-corrected chi connectivity index (χ2v) is 3.45. The van der Waals surface area contributed by atoms with E-state index in [9.17, 15) is 4.79 Å². The number of aromatic nitrogens is 2. The van der Waals surface area contributed by atoms with Crippen molar-refractivity contribution >= 4 is 23.1 Å². The molecule has 0 aliphatic carbocycles. The van der Waals surface area contributed by atoms with Crippen LogP contribution in [0.5, 0.6) is 0 Å². The molecule has 0 aliphatic heterocycles. The molecule has 2 rings (SSSR count). The largest absolute Gasteiger partial charge is 0.465 e. The number of esters is 1. The van der Waals surface area contributed by atoms with Crippen molar-refractivity contribution in [2.24, 2.45) is 0 Å². The molecule has 0 atom stereocenters. The van der Waals surface area contributed by atoms with Crippen molar-refractivity contribution in [3.05, 3.63) is 34.9 Å². The Hall–Kier alpha value is -1.55. The van der Waals surface area contributed by atoms with E-state index >= 15 is 0 Å². The van der Waals surface area contributed by atoms with E-state index in [1.165, 1.54) is 7.11 Å². The standard InChI is InChI=1S/C10H9ClN2O2.C2H6/c1-6-12-5-7-3-4-8(10(14)15-2)9(11)13(6)7;1-2/h3-5H,1-2H3;1-2H3. The van der Waals surface area contributed by atoms with Gasteiger partial charge in [0.15, 0.2) is 0 Å². The van der Waals surface area contributed by atoms with Crippen LogP contribution in [0.25, 0.3) is 5.52 Å². The molecule has 2 aromatic rings. The molecule has 0 radical (unpaired) electrons. The van der Waals surface area contributed by atoms with Gasteiger partial charge in [-0.2, -0.15) is 0 Å². The number of fused-ring (bicyclic) bond motifs is 1. The molecule has 5 heteroatoms. The molecule has 0 fully saturated rings. The highest BCUT2D eigenvalue weighted by Crippen LogP contribution is 2.20. The van der Waals surface area contributed by atoms with Crippen LogP contribution in [0, 0.1) is 6.92 Å². The number of aryl methyl sites for hydroxylation is 1. The third-order valence-corrected chi connectivity index (χ3v) is 2.58. The quantitative estimate of drug-likeness (QED) is 0.580. The summed E-state index contributed by atoms with van der Waals surface area (Å²) in [6, 6.07) is 3.41. The van der Waals surface area contributed by atoms with Gasteiger partial charge < -0.3 is 4.74 Å².